The Balaban J connectivity index is 2.12. The first-order valence-corrected chi connectivity index (χ1v) is 11.1. The summed E-state index contributed by atoms with van der Waals surface area (Å²) in [7, 11) is -0.553. The number of aryl methyl sites for hydroxylation is 1. The Bertz CT molecular complexity index is 1090. The molecule has 0 aliphatic heterocycles. The van der Waals surface area contributed by atoms with Gasteiger partial charge in [-0.2, -0.15) is 5.26 Å². The molecule has 0 bridgehead atoms. The summed E-state index contributed by atoms with van der Waals surface area (Å²) in [6.45, 7) is 7.16. The molecule has 1 aromatic carbocycles. The van der Waals surface area contributed by atoms with E-state index in [1.807, 2.05) is 26.0 Å². The van der Waals surface area contributed by atoms with Crippen molar-refractivity contribution < 1.29 is 13.2 Å². The van der Waals surface area contributed by atoms with Crippen LogP contribution in [0.4, 0.5) is 0 Å². The molecule has 8 heteroatoms. The van der Waals surface area contributed by atoms with E-state index in [1.54, 1.807) is 18.2 Å². The second-order valence-corrected chi connectivity index (χ2v) is 9.41. The lowest BCUT2D eigenvalue weighted by atomic mass is 10.1. The van der Waals surface area contributed by atoms with Crippen LogP contribution < -0.4 is 5.32 Å². The van der Waals surface area contributed by atoms with Gasteiger partial charge in [0, 0.05) is 38.6 Å². The second-order valence-electron chi connectivity index (χ2n) is 7.26. The minimum atomic E-state index is -3.50. The molecule has 0 unspecified atom stereocenters. The highest BCUT2D eigenvalue weighted by Gasteiger charge is 2.17. The van der Waals surface area contributed by atoms with Gasteiger partial charge in [0.05, 0.1) is 4.90 Å². The van der Waals surface area contributed by atoms with E-state index < -0.39 is 15.9 Å². The number of hydrogen-bond donors (Lipinski definition) is 1. The highest BCUT2D eigenvalue weighted by molar-refractivity contribution is 7.89. The summed E-state index contributed by atoms with van der Waals surface area (Å²) in [6.07, 6.45) is 2.61. The van der Waals surface area contributed by atoms with Crippen molar-refractivity contribution in [2.24, 2.45) is 0 Å². The lowest BCUT2D eigenvalue weighted by Gasteiger charge is -2.12. The lowest BCUT2D eigenvalue weighted by molar-refractivity contribution is -0.117. The molecule has 7 nitrogen and oxygen atoms in total. The van der Waals surface area contributed by atoms with Gasteiger partial charge in [-0.15, -0.1) is 0 Å². The van der Waals surface area contributed by atoms with Crippen molar-refractivity contribution in [2.45, 2.75) is 45.2 Å². The molecule has 2 rings (SSSR count). The molecule has 0 atom stereocenters. The van der Waals surface area contributed by atoms with Gasteiger partial charge in [-0.25, -0.2) is 12.7 Å². The number of nitrogens with one attached hydrogen (secondary N) is 1. The minimum absolute atomic E-state index is 0.0264. The van der Waals surface area contributed by atoms with Gasteiger partial charge in [-0.1, -0.05) is 19.1 Å². The van der Waals surface area contributed by atoms with Crippen molar-refractivity contribution in [2.75, 3.05) is 14.1 Å². The zero-order valence-electron chi connectivity index (χ0n) is 18.1. The van der Waals surface area contributed by atoms with Crippen LogP contribution in [-0.4, -0.2) is 37.3 Å². The molecule has 0 saturated heterocycles. The summed E-state index contributed by atoms with van der Waals surface area (Å²) in [5, 5.41) is 12.2. The third-order valence-corrected chi connectivity index (χ3v) is 6.71. The fourth-order valence-corrected chi connectivity index (χ4v) is 4.01. The van der Waals surface area contributed by atoms with Crippen LogP contribution in [0.3, 0.4) is 0 Å². The number of amides is 1. The van der Waals surface area contributed by atoms with E-state index in [-0.39, 0.29) is 17.0 Å². The van der Waals surface area contributed by atoms with E-state index in [2.05, 4.69) is 16.8 Å². The van der Waals surface area contributed by atoms with Crippen LogP contribution in [0.2, 0.25) is 0 Å². The average Bonchev–Trinajstić information content (AvgIpc) is 2.98. The predicted octanol–water partition coefficient (Wildman–Crippen LogP) is 2.99. The Morgan fingerprint density at radius 2 is 1.87 bits per heavy atom. The molecule has 0 spiro atoms. The molecule has 1 N–H and O–H groups in total. The zero-order chi connectivity index (χ0) is 22.5. The van der Waals surface area contributed by atoms with Crippen LogP contribution >= 0.6 is 0 Å². The van der Waals surface area contributed by atoms with Gasteiger partial charge in [-0.05, 0) is 55.7 Å². The second kappa shape index (κ2) is 9.74. The van der Waals surface area contributed by atoms with Crippen molar-refractivity contribution in [1.82, 2.24) is 14.2 Å². The molecular formula is C22H28N4O3S. The van der Waals surface area contributed by atoms with Crippen molar-refractivity contribution in [1.29, 1.82) is 5.26 Å². The molecular weight excluding hydrogens is 400 g/mol. The summed E-state index contributed by atoms with van der Waals surface area (Å²) < 4.78 is 27.5. The van der Waals surface area contributed by atoms with Crippen LogP contribution in [0.25, 0.3) is 6.08 Å². The molecule has 0 saturated carbocycles. The summed E-state index contributed by atoms with van der Waals surface area (Å²) in [5.74, 6) is -0.470. The zero-order valence-corrected chi connectivity index (χ0v) is 18.9. The number of carbonyl (C=O) groups is 1. The van der Waals surface area contributed by atoms with Crippen LogP contribution in [0.15, 0.2) is 40.8 Å². The fraction of sp³-hybridized carbons (Fsp3) is 0.364. The molecule has 160 valence electrons. The van der Waals surface area contributed by atoms with Crippen LogP contribution in [0.5, 0.6) is 0 Å². The Morgan fingerprint density at radius 3 is 2.40 bits per heavy atom. The molecule has 30 heavy (non-hydrogen) atoms. The summed E-state index contributed by atoms with van der Waals surface area (Å²) in [5.41, 5.74) is 3.72. The van der Waals surface area contributed by atoms with Crippen LogP contribution in [0, 0.1) is 25.2 Å². The smallest absolute Gasteiger partial charge is 0.262 e. The van der Waals surface area contributed by atoms with Gasteiger partial charge in [0.25, 0.3) is 5.91 Å². The van der Waals surface area contributed by atoms with Crippen LogP contribution in [0.1, 0.15) is 35.9 Å². The molecule has 1 heterocycles. The highest BCUT2D eigenvalue weighted by Crippen LogP contribution is 2.19. The third-order valence-electron chi connectivity index (χ3n) is 4.88. The third kappa shape index (κ3) is 5.17. The maximum Gasteiger partial charge on any atom is 0.262 e. The number of sulfonamides is 1. The first-order chi connectivity index (χ1) is 14.1. The van der Waals surface area contributed by atoms with E-state index in [9.17, 15) is 18.5 Å². The molecule has 1 aromatic heterocycles. The van der Waals surface area contributed by atoms with Crippen LogP contribution in [-0.2, 0) is 27.9 Å². The number of rotatable bonds is 8. The van der Waals surface area contributed by atoms with Gasteiger partial charge in [-0.3, -0.25) is 4.79 Å². The lowest BCUT2D eigenvalue weighted by Crippen LogP contribution is -2.24. The topological polar surface area (TPSA) is 95.2 Å². The maximum absolute atomic E-state index is 12.5. The van der Waals surface area contributed by atoms with Gasteiger partial charge < -0.3 is 9.88 Å². The SMILES string of the molecule is CCCn1c(C)cc(/C=C(/C#N)C(=O)NCc2ccc(S(=O)(=O)N(C)C)cc2)c1C. The predicted molar refractivity (Wildman–Crippen MR) is 117 cm³/mol. The summed E-state index contributed by atoms with van der Waals surface area (Å²) >= 11 is 0. The fourth-order valence-electron chi connectivity index (χ4n) is 3.11. The number of nitriles is 1. The Kier molecular flexibility index (Phi) is 7.59. The highest BCUT2D eigenvalue weighted by atomic mass is 32.2. The average molecular weight is 429 g/mol. The van der Waals surface area contributed by atoms with Crippen molar-refractivity contribution >= 4 is 22.0 Å². The molecule has 0 radical (unpaired) electrons. The normalized spacial score (nSPS) is 12.1. The molecule has 0 aliphatic carbocycles. The van der Waals surface area contributed by atoms with E-state index in [4.69, 9.17) is 0 Å². The van der Waals surface area contributed by atoms with Crippen molar-refractivity contribution in [3.63, 3.8) is 0 Å². The number of nitrogens with zero attached hydrogens (tertiary/aromatic N) is 3. The van der Waals surface area contributed by atoms with E-state index >= 15 is 0 Å². The van der Waals surface area contributed by atoms with E-state index in [0.29, 0.717) is 0 Å². The maximum atomic E-state index is 12.5. The monoisotopic (exact) mass is 428 g/mol. The minimum Gasteiger partial charge on any atom is -0.349 e. The van der Waals surface area contributed by atoms with E-state index in [0.717, 1.165) is 39.8 Å². The summed E-state index contributed by atoms with van der Waals surface area (Å²) in [6, 6.07) is 10.2. The largest absolute Gasteiger partial charge is 0.349 e. The van der Waals surface area contributed by atoms with Gasteiger partial charge in [0.15, 0.2) is 0 Å². The van der Waals surface area contributed by atoms with Gasteiger partial charge in [0.1, 0.15) is 11.6 Å². The molecule has 2 aromatic rings. The molecule has 1 amide bonds. The number of carbonyl (C=O) groups excluding carboxylic acids is 1. The van der Waals surface area contributed by atoms with Gasteiger partial charge >= 0.3 is 0 Å². The first kappa shape index (κ1) is 23.4. The number of benzene rings is 1. The quantitative estimate of drug-likeness (QED) is 0.516. The number of hydrogen-bond acceptors (Lipinski definition) is 4. The molecule has 0 aliphatic rings. The van der Waals surface area contributed by atoms with Crippen molar-refractivity contribution in [3.05, 3.63) is 58.4 Å². The van der Waals surface area contributed by atoms with Gasteiger partial charge in [0.2, 0.25) is 10.0 Å². The molecule has 0 fully saturated rings. The Morgan fingerprint density at radius 1 is 1.23 bits per heavy atom. The Labute approximate surface area is 178 Å². The van der Waals surface area contributed by atoms with E-state index in [1.165, 1.54) is 26.2 Å². The van der Waals surface area contributed by atoms with Crippen molar-refractivity contribution in [3.8, 4) is 6.07 Å². The number of aromatic nitrogens is 1. The summed E-state index contributed by atoms with van der Waals surface area (Å²) in [4.78, 5) is 12.7. The Hall–Kier alpha value is -2.89. The first-order valence-electron chi connectivity index (χ1n) is 9.70. The standard InChI is InChI=1S/C22H28N4O3S/c1-6-11-26-16(2)12-19(17(26)3)13-20(14-23)22(27)24-15-18-7-9-21(10-8-18)30(28,29)25(4)5/h7-10,12-13H,6,11,15H2,1-5H3,(H,24,27)/b20-13-.